The van der Waals surface area contributed by atoms with E-state index in [1.807, 2.05) is 13.0 Å². The molecule has 2 N–H and O–H groups in total. The van der Waals surface area contributed by atoms with Gasteiger partial charge < -0.3 is 15.2 Å². The number of rotatable bonds is 8. The molecule has 0 fully saturated rings. The van der Waals surface area contributed by atoms with E-state index in [4.69, 9.17) is 4.74 Å². The number of nitrogens with one attached hydrogen (secondary N) is 1. The summed E-state index contributed by atoms with van der Waals surface area (Å²) in [6.07, 6.45) is -1.18. The van der Waals surface area contributed by atoms with Gasteiger partial charge in [0.25, 0.3) is 0 Å². The van der Waals surface area contributed by atoms with Crippen molar-refractivity contribution in [2.24, 2.45) is 5.41 Å². The Balaban J connectivity index is 1.81. The Bertz CT molecular complexity index is 1210. The van der Waals surface area contributed by atoms with Gasteiger partial charge in [-0.2, -0.15) is 13.2 Å². The summed E-state index contributed by atoms with van der Waals surface area (Å²) in [4.78, 5) is 24.5. The number of esters is 1. The molecule has 0 aliphatic heterocycles. The number of hydrogen-bond acceptors (Lipinski definition) is 8. The lowest BCUT2D eigenvalue weighted by Gasteiger charge is -2.27. The highest BCUT2D eigenvalue weighted by Gasteiger charge is 2.35. The molecular weight excluding hydrogens is 481 g/mol. The molecule has 35 heavy (non-hydrogen) atoms. The maximum absolute atomic E-state index is 13.0. The Labute approximate surface area is 205 Å². The molecule has 0 saturated carbocycles. The summed E-state index contributed by atoms with van der Waals surface area (Å²) in [5.41, 5.74) is -0.896. The molecular formula is C24H27F3N4O3S. The predicted molar refractivity (Wildman–Crippen MR) is 127 cm³/mol. The molecule has 11 heteroatoms. The van der Waals surface area contributed by atoms with Crippen LogP contribution in [0.2, 0.25) is 0 Å². The molecule has 0 bridgehead atoms. The van der Waals surface area contributed by atoms with Crippen molar-refractivity contribution in [1.29, 1.82) is 0 Å². The number of carbonyl (C=O) groups excluding carboxylic acids is 1. The zero-order valence-electron chi connectivity index (χ0n) is 20.0. The average molecular weight is 509 g/mol. The number of anilines is 2. The summed E-state index contributed by atoms with van der Waals surface area (Å²) in [7, 11) is 1.33. The Kier molecular flexibility index (Phi) is 7.51. The maximum Gasteiger partial charge on any atom is 0.433 e. The monoisotopic (exact) mass is 508 g/mol. The number of aromatic nitrogens is 3. The molecule has 0 saturated heterocycles. The lowest BCUT2D eigenvalue weighted by molar-refractivity contribution is -0.151. The van der Waals surface area contributed by atoms with Crippen molar-refractivity contribution >= 4 is 28.9 Å². The quantitative estimate of drug-likeness (QED) is 0.368. The molecule has 0 aliphatic rings. The molecule has 0 radical (unpaired) electrons. The van der Waals surface area contributed by atoms with Crippen molar-refractivity contribution in [3.05, 3.63) is 52.9 Å². The van der Waals surface area contributed by atoms with Gasteiger partial charge in [0, 0.05) is 18.1 Å². The van der Waals surface area contributed by atoms with Crippen molar-refractivity contribution in [3.8, 4) is 10.4 Å². The first-order chi connectivity index (χ1) is 16.2. The van der Waals surface area contributed by atoms with Gasteiger partial charge in [0.1, 0.15) is 16.3 Å². The number of nitrogens with zero attached hydrogens (tertiary/aromatic N) is 3. The third-order valence-electron chi connectivity index (χ3n) is 5.51. The van der Waals surface area contributed by atoms with Gasteiger partial charge in [0.2, 0.25) is 5.95 Å². The third-order valence-corrected chi connectivity index (χ3v) is 6.80. The molecule has 1 unspecified atom stereocenters. The van der Waals surface area contributed by atoms with E-state index in [0.717, 1.165) is 28.3 Å². The van der Waals surface area contributed by atoms with E-state index in [1.165, 1.54) is 18.4 Å². The summed E-state index contributed by atoms with van der Waals surface area (Å²) in [5, 5.41) is 14.4. The lowest BCUT2D eigenvalue weighted by atomic mass is 9.84. The second-order valence-electron chi connectivity index (χ2n) is 9.15. The van der Waals surface area contributed by atoms with E-state index in [0.29, 0.717) is 23.5 Å². The van der Waals surface area contributed by atoms with Crippen LogP contribution in [0.5, 0.6) is 0 Å². The van der Waals surface area contributed by atoms with E-state index < -0.39 is 22.9 Å². The van der Waals surface area contributed by atoms with Crippen LogP contribution in [0.3, 0.4) is 0 Å². The molecule has 3 aromatic rings. The van der Waals surface area contributed by atoms with Gasteiger partial charge in [-0.1, -0.05) is 6.07 Å². The Hall–Kier alpha value is -3.05. The number of halogens is 3. The first kappa shape index (κ1) is 26.6. The molecule has 0 spiro atoms. The largest absolute Gasteiger partial charge is 0.469 e. The Morgan fingerprint density at radius 1 is 1.14 bits per heavy atom. The SMILES string of the molecule is COC(=O)C(C)(C)CCC(C)(O)c1ncc(-c2cc(C)cc(Nc3nccc(C(F)(F)F)n3)c2)s1. The Morgan fingerprint density at radius 3 is 2.51 bits per heavy atom. The first-order valence-corrected chi connectivity index (χ1v) is 11.6. The highest BCUT2D eigenvalue weighted by Crippen LogP contribution is 2.38. The zero-order chi connectivity index (χ0) is 26.0. The number of carbonyl (C=O) groups is 1. The second-order valence-corrected chi connectivity index (χ2v) is 10.2. The molecule has 0 amide bonds. The smallest absolute Gasteiger partial charge is 0.433 e. The topological polar surface area (TPSA) is 97.2 Å². The van der Waals surface area contributed by atoms with E-state index in [9.17, 15) is 23.1 Å². The minimum Gasteiger partial charge on any atom is -0.469 e. The van der Waals surface area contributed by atoms with E-state index in [1.54, 1.807) is 39.1 Å². The van der Waals surface area contributed by atoms with Crippen molar-refractivity contribution in [3.63, 3.8) is 0 Å². The minimum atomic E-state index is -4.57. The fourth-order valence-electron chi connectivity index (χ4n) is 3.40. The van der Waals surface area contributed by atoms with Crippen molar-refractivity contribution in [2.45, 2.75) is 52.3 Å². The average Bonchev–Trinajstić information content (AvgIpc) is 3.28. The van der Waals surface area contributed by atoms with Crippen LogP contribution >= 0.6 is 11.3 Å². The van der Waals surface area contributed by atoms with Crippen molar-refractivity contribution < 1.29 is 27.8 Å². The highest BCUT2D eigenvalue weighted by atomic mass is 32.1. The van der Waals surface area contributed by atoms with Crippen LogP contribution < -0.4 is 5.32 Å². The van der Waals surface area contributed by atoms with Gasteiger partial charge in [-0.15, -0.1) is 11.3 Å². The van der Waals surface area contributed by atoms with Gasteiger partial charge in [-0.3, -0.25) is 4.79 Å². The molecule has 0 aliphatic carbocycles. The van der Waals surface area contributed by atoms with Crippen LogP contribution in [0, 0.1) is 12.3 Å². The normalized spacial score (nSPS) is 13.9. The number of ether oxygens (including phenoxy) is 1. The highest BCUT2D eigenvalue weighted by molar-refractivity contribution is 7.15. The number of alkyl halides is 3. The minimum absolute atomic E-state index is 0.169. The zero-order valence-corrected chi connectivity index (χ0v) is 20.8. The number of methoxy groups -OCH3 is 1. The van der Waals surface area contributed by atoms with Crippen molar-refractivity contribution in [2.75, 3.05) is 12.4 Å². The first-order valence-electron chi connectivity index (χ1n) is 10.8. The van der Waals surface area contributed by atoms with Gasteiger partial charge in [0.15, 0.2) is 0 Å². The number of aliphatic hydroxyl groups is 1. The summed E-state index contributed by atoms with van der Waals surface area (Å²) in [5.74, 6) is -0.518. The summed E-state index contributed by atoms with van der Waals surface area (Å²) in [6, 6.07) is 6.23. The molecule has 2 aromatic heterocycles. The Morgan fingerprint density at radius 2 is 1.86 bits per heavy atom. The summed E-state index contributed by atoms with van der Waals surface area (Å²) >= 11 is 1.30. The van der Waals surface area contributed by atoms with Gasteiger partial charge in [-0.05, 0) is 69.9 Å². The van der Waals surface area contributed by atoms with Crippen LogP contribution in [-0.4, -0.2) is 33.1 Å². The summed E-state index contributed by atoms with van der Waals surface area (Å²) in [6.45, 7) is 7.03. The fourth-order valence-corrected chi connectivity index (χ4v) is 4.38. The number of thiazole rings is 1. The van der Waals surface area contributed by atoms with E-state index in [2.05, 4.69) is 20.3 Å². The maximum atomic E-state index is 13.0. The molecule has 1 atom stereocenters. The number of aryl methyl sites for hydroxylation is 1. The van der Waals surface area contributed by atoms with Crippen LogP contribution in [0.25, 0.3) is 10.4 Å². The van der Waals surface area contributed by atoms with Crippen LogP contribution in [-0.2, 0) is 21.3 Å². The molecule has 7 nitrogen and oxygen atoms in total. The van der Waals surface area contributed by atoms with Gasteiger partial charge in [0.05, 0.1) is 17.4 Å². The standard InChI is InChI=1S/C24H27F3N4O3S/c1-14-10-15(12-16(11-14)30-21-28-9-6-18(31-21)24(25,26)27)17-13-29-19(35-17)23(4,33)8-7-22(2,3)20(32)34-5/h6,9-13,33H,7-8H2,1-5H3,(H,28,30,31). The predicted octanol–water partition coefficient (Wildman–Crippen LogP) is 5.86. The van der Waals surface area contributed by atoms with E-state index >= 15 is 0 Å². The number of benzene rings is 1. The molecule has 1 aromatic carbocycles. The van der Waals surface area contributed by atoms with Crippen molar-refractivity contribution in [1.82, 2.24) is 15.0 Å². The van der Waals surface area contributed by atoms with Gasteiger partial charge in [-0.25, -0.2) is 15.0 Å². The second kappa shape index (κ2) is 9.90. The lowest BCUT2D eigenvalue weighted by Crippen LogP contribution is -2.30. The summed E-state index contributed by atoms with van der Waals surface area (Å²) < 4.78 is 43.7. The molecule has 188 valence electrons. The van der Waals surface area contributed by atoms with Crippen LogP contribution in [0.1, 0.15) is 49.9 Å². The van der Waals surface area contributed by atoms with Gasteiger partial charge >= 0.3 is 12.1 Å². The van der Waals surface area contributed by atoms with E-state index in [-0.39, 0.29) is 11.9 Å². The fraction of sp³-hybridized carbons (Fsp3) is 0.417. The molecule has 2 heterocycles. The van der Waals surface area contributed by atoms with Crippen LogP contribution in [0.15, 0.2) is 36.7 Å². The third kappa shape index (κ3) is 6.55. The van der Waals surface area contributed by atoms with Crippen LogP contribution in [0.4, 0.5) is 24.8 Å². The number of hydrogen-bond donors (Lipinski definition) is 2. The molecule has 3 rings (SSSR count).